The Morgan fingerprint density at radius 2 is 2.53 bits per heavy atom. The van der Waals surface area contributed by atoms with Crippen molar-refractivity contribution in [3.63, 3.8) is 0 Å². The number of amides is 1. The van der Waals surface area contributed by atoms with Crippen LogP contribution in [-0.2, 0) is 4.79 Å². The van der Waals surface area contributed by atoms with Gasteiger partial charge in [-0.25, -0.2) is 0 Å². The van der Waals surface area contributed by atoms with Crippen molar-refractivity contribution in [2.45, 2.75) is 0 Å². The summed E-state index contributed by atoms with van der Waals surface area (Å²) in [5, 5.41) is 17.3. The monoisotopic (exact) mass is 287 g/mol. The van der Waals surface area contributed by atoms with Gasteiger partial charge < -0.3 is 5.32 Å². The number of aromatic nitrogens is 2. The standard InChI is InChI=1S/C7H6BrN5OS/c8-4-1-9-12-5(4)2-10-13-7-11-6(14)3-15-7/h1-2H,3H2,(H,9,12)(H,11,13,14)/b10-2-. The Morgan fingerprint density at radius 1 is 1.67 bits per heavy atom. The van der Waals surface area contributed by atoms with Crippen LogP contribution < -0.4 is 5.32 Å². The van der Waals surface area contributed by atoms with Crippen molar-refractivity contribution in [2.75, 3.05) is 5.75 Å². The summed E-state index contributed by atoms with van der Waals surface area (Å²) in [6, 6.07) is 0. The number of hydrogen-bond acceptors (Lipinski definition) is 5. The second kappa shape index (κ2) is 4.58. The fraction of sp³-hybridized carbons (Fsp3) is 0.143. The topological polar surface area (TPSA) is 82.5 Å². The number of H-pyrrole nitrogens is 1. The Labute approximate surface area is 97.7 Å². The molecule has 2 N–H and O–H groups in total. The number of aromatic amines is 1. The van der Waals surface area contributed by atoms with Gasteiger partial charge in [0.05, 0.1) is 28.3 Å². The molecular formula is C7H6BrN5OS. The minimum absolute atomic E-state index is 0.0447. The molecule has 8 heteroatoms. The lowest BCUT2D eigenvalue weighted by atomic mass is 10.5. The maximum atomic E-state index is 10.8. The van der Waals surface area contributed by atoms with E-state index in [1.807, 2.05) is 0 Å². The van der Waals surface area contributed by atoms with E-state index in [4.69, 9.17) is 0 Å². The van der Waals surface area contributed by atoms with E-state index in [-0.39, 0.29) is 5.91 Å². The molecule has 1 aromatic heterocycles. The second-order valence-electron chi connectivity index (χ2n) is 2.62. The molecule has 0 aliphatic carbocycles. The van der Waals surface area contributed by atoms with Crippen LogP contribution in [0.5, 0.6) is 0 Å². The Hall–Kier alpha value is -1.15. The Morgan fingerprint density at radius 3 is 3.13 bits per heavy atom. The highest BCUT2D eigenvalue weighted by Crippen LogP contribution is 2.11. The van der Waals surface area contributed by atoms with Crippen LogP contribution in [0.25, 0.3) is 0 Å². The molecule has 0 saturated carbocycles. The molecule has 1 amide bonds. The van der Waals surface area contributed by atoms with Crippen molar-refractivity contribution in [3.8, 4) is 0 Å². The smallest absolute Gasteiger partial charge is 0.236 e. The average molecular weight is 288 g/mol. The molecule has 2 heterocycles. The van der Waals surface area contributed by atoms with Gasteiger partial charge in [0.15, 0.2) is 5.17 Å². The van der Waals surface area contributed by atoms with E-state index in [1.165, 1.54) is 18.0 Å². The van der Waals surface area contributed by atoms with Crippen molar-refractivity contribution >= 4 is 45.0 Å². The first-order chi connectivity index (χ1) is 7.25. The summed E-state index contributed by atoms with van der Waals surface area (Å²) >= 11 is 4.61. The number of nitrogens with one attached hydrogen (secondary N) is 2. The van der Waals surface area contributed by atoms with Gasteiger partial charge in [-0.05, 0) is 15.9 Å². The summed E-state index contributed by atoms with van der Waals surface area (Å²) < 4.78 is 0.814. The quantitative estimate of drug-likeness (QED) is 0.621. The summed E-state index contributed by atoms with van der Waals surface area (Å²) in [7, 11) is 0. The van der Waals surface area contributed by atoms with E-state index in [0.29, 0.717) is 10.9 Å². The molecule has 0 bridgehead atoms. The van der Waals surface area contributed by atoms with Crippen molar-refractivity contribution in [1.29, 1.82) is 0 Å². The molecule has 0 aromatic carbocycles. The SMILES string of the molecule is O=C1CS/C(=N/N=C\c2[nH]ncc2Br)N1. The van der Waals surface area contributed by atoms with Crippen LogP contribution in [0.3, 0.4) is 0 Å². The highest BCUT2D eigenvalue weighted by Gasteiger charge is 2.15. The number of thioether (sulfide) groups is 1. The van der Waals surface area contributed by atoms with Crippen LogP contribution in [0.2, 0.25) is 0 Å². The van der Waals surface area contributed by atoms with Gasteiger partial charge in [0.2, 0.25) is 5.91 Å². The third-order valence-electron chi connectivity index (χ3n) is 1.54. The zero-order chi connectivity index (χ0) is 10.7. The minimum Gasteiger partial charge on any atom is -0.303 e. The molecule has 2 rings (SSSR count). The van der Waals surface area contributed by atoms with Crippen molar-refractivity contribution in [2.24, 2.45) is 10.2 Å². The summed E-state index contributed by atoms with van der Waals surface area (Å²) in [6.45, 7) is 0. The van der Waals surface area contributed by atoms with Crippen LogP contribution in [0.4, 0.5) is 0 Å². The molecular weight excluding hydrogens is 282 g/mol. The zero-order valence-corrected chi connectivity index (χ0v) is 9.80. The Bertz CT molecular complexity index is 440. The van der Waals surface area contributed by atoms with E-state index in [9.17, 15) is 4.79 Å². The summed E-state index contributed by atoms with van der Waals surface area (Å²) in [5.74, 6) is 0.360. The van der Waals surface area contributed by atoms with E-state index in [1.54, 1.807) is 6.20 Å². The fourth-order valence-electron chi connectivity index (χ4n) is 0.890. The molecule has 6 nitrogen and oxygen atoms in total. The maximum absolute atomic E-state index is 10.8. The molecule has 1 saturated heterocycles. The van der Waals surface area contributed by atoms with E-state index in [2.05, 4.69) is 41.6 Å². The molecule has 0 radical (unpaired) electrons. The molecule has 1 aromatic rings. The first-order valence-corrected chi connectivity index (χ1v) is 5.76. The van der Waals surface area contributed by atoms with Crippen LogP contribution in [0, 0.1) is 0 Å². The number of halogens is 1. The Kier molecular flexibility index (Phi) is 3.17. The third-order valence-corrected chi connectivity index (χ3v) is 3.04. The van der Waals surface area contributed by atoms with Gasteiger partial charge >= 0.3 is 0 Å². The lowest BCUT2D eigenvalue weighted by Crippen LogP contribution is -2.19. The number of nitrogens with zero attached hydrogens (tertiary/aromatic N) is 3. The van der Waals surface area contributed by atoms with Gasteiger partial charge in [0.1, 0.15) is 0 Å². The van der Waals surface area contributed by atoms with Gasteiger partial charge in [-0.2, -0.15) is 10.2 Å². The summed E-state index contributed by atoms with van der Waals surface area (Å²) in [6.07, 6.45) is 3.15. The predicted molar refractivity (Wildman–Crippen MR) is 61.9 cm³/mol. The minimum atomic E-state index is -0.0447. The summed E-state index contributed by atoms with van der Waals surface area (Å²) in [5.41, 5.74) is 0.730. The van der Waals surface area contributed by atoms with Gasteiger partial charge in [0, 0.05) is 0 Å². The average Bonchev–Trinajstić information content (AvgIpc) is 2.77. The summed E-state index contributed by atoms with van der Waals surface area (Å²) in [4.78, 5) is 10.8. The first kappa shape index (κ1) is 10.4. The maximum Gasteiger partial charge on any atom is 0.236 e. The predicted octanol–water partition coefficient (Wildman–Crippen LogP) is 0.725. The van der Waals surface area contributed by atoms with Gasteiger partial charge in [0.25, 0.3) is 0 Å². The lowest BCUT2D eigenvalue weighted by molar-refractivity contribution is -0.116. The number of rotatable bonds is 2. The lowest BCUT2D eigenvalue weighted by Gasteiger charge is -1.89. The van der Waals surface area contributed by atoms with Crippen LogP contribution in [-0.4, -0.2) is 33.2 Å². The highest BCUT2D eigenvalue weighted by atomic mass is 79.9. The van der Waals surface area contributed by atoms with E-state index < -0.39 is 0 Å². The van der Waals surface area contributed by atoms with Crippen LogP contribution >= 0.6 is 27.7 Å². The molecule has 0 atom stereocenters. The fourth-order valence-corrected chi connectivity index (χ4v) is 1.81. The number of carbonyl (C=O) groups is 1. The van der Waals surface area contributed by atoms with Crippen LogP contribution in [0.1, 0.15) is 5.69 Å². The normalized spacial score (nSPS) is 19.0. The zero-order valence-electron chi connectivity index (χ0n) is 7.40. The molecule has 0 spiro atoms. The Balaban J connectivity index is 2.01. The molecule has 78 valence electrons. The molecule has 0 unspecified atom stereocenters. The molecule has 1 aliphatic rings. The van der Waals surface area contributed by atoms with Crippen molar-refractivity contribution < 1.29 is 4.79 Å². The second-order valence-corrected chi connectivity index (χ2v) is 4.44. The molecule has 15 heavy (non-hydrogen) atoms. The first-order valence-electron chi connectivity index (χ1n) is 3.98. The van der Waals surface area contributed by atoms with Crippen LogP contribution in [0.15, 0.2) is 20.9 Å². The third kappa shape index (κ3) is 2.66. The number of carbonyl (C=O) groups excluding carboxylic acids is 1. The van der Waals surface area contributed by atoms with Gasteiger partial charge in [-0.1, -0.05) is 11.8 Å². The largest absolute Gasteiger partial charge is 0.303 e. The highest BCUT2D eigenvalue weighted by molar-refractivity contribution is 9.10. The van der Waals surface area contributed by atoms with Gasteiger partial charge in [-0.15, -0.1) is 5.10 Å². The molecule has 1 fully saturated rings. The van der Waals surface area contributed by atoms with E-state index in [0.717, 1.165) is 10.2 Å². The molecule has 1 aliphatic heterocycles. The van der Waals surface area contributed by atoms with E-state index >= 15 is 0 Å². The van der Waals surface area contributed by atoms with Crippen molar-refractivity contribution in [1.82, 2.24) is 15.5 Å². The van der Waals surface area contributed by atoms with Crippen molar-refractivity contribution in [3.05, 3.63) is 16.4 Å². The number of hydrogen-bond donors (Lipinski definition) is 2. The number of amidine groups is 1. The van der Waals surface area contributed by atoms with Gasteiger partial charge in [-0.3, -0.25) is 9.89 Å².